The highest BCUT2D eigenvalue weighted by molar-refractivity contribution is 5.91. The average molecular weight is 2100 g/mol. The van der Waals surface area contributed by atoms with E-state index in [1.807, 2.05) is 5.43 Å². The average Bonchev–Trinajstić information content (AvgIpc) is 1.28. The van der Waals surface area contributed by atoms with E-state index in [1.165, 1.54) is 43.5 Å². The van der Waals surface area contributed by atoms with E-state index in [4.69, 9.17) is 43.7 Å². The van der Waals surface area contributed by atoms with Gasteiger partial charge in [0.25, 0.3) is 0 Å². The Morgan fingerprint density at radius 3 is 0.782 bits per heavy atom. The molecule has 8 rings (SSSR count). The van der Waals surface area contributed by atoms with Gasteiger partial charge >= 0.3 is 0 Å². The first-order valence-corrected chi connectivity index (χ1v) is 48.0. The van der Waals surface area contributed by atoms with Gasteiger partial charge in [-0.2, -0.15) is 0 Å². The number of hydrogen-bond donors (Lipinski definition) is 30. The summed E-state index contributed by atoms with van der Waals surface area (Å²) in [6, 6.07) is -5.39. The quantitative estimate of drug-likeness (QED) is 0.00845. The summed E-state index contributed by atoms with van der Waals surface area (Å²) in [7, 11) is 0. The van der Waals surface area contributed by atoms with Crippen molar-refractivity contribution in [3.05, 3.63) is 47.6 Å². The van der Waals surface area contributed by atoms with E-state index >= 15 is 0 Å². The summed E-state index contributed by atoms with van der Waals surface area (Å²) in [6.07, 6.45) is -26.5. The number of rotatable bonds is 66. The van der Waals surface area contributed by atoms with Crippen molar-refractivity contribution in [1.29, 1.82) is 0 Å². The Hall–Kier alpha value is -11.3. The van der Waals surface area contributed by atoms with Crippen LogP contribution in [0, 0.1) is 0 Å². The highest BCUT2D eigenvalue weighted by Crippen LogP contribution is 2.27. The molecule has 4 aromatic heterocycles. The maximum absolute atomic E-state index is 14.1. The zero-order valence-electron chi connectivity index (χ0n) is 80.7. The molecule has 147 heavy (non-hydrogen) atoms. The summed E-state index contributed by atoms with van der Waals surface area (Å²) in [5.74, 6) is -3.42. The largest absolute Gasteiger partial charge is 0.394 e. The number of hydrogen-bond acceptors (Lipinski definition) is 46. The summed E-state index contributed by atoms with van der Waals surface area (Å²) >= 11 is 0. The molecule has 63 heteroatoms. The molecule has 826 valence electrons. The molecular weight excluding hydrogens is 1970 g/mol. The number of hydrazine groups is 1. The lowest BCUT2D eigenvalue weighted by molar-refractivity contribution is -0.301. The first kappa shape index (κ1) is 121. The number of unbranched alkanes of at least 4 members (excludes halogenated alkanes) is 2. The lowest BCUT2D eigenvalue weighted by atomic mass is 9.99. The summed E-state index contributed by atoms with van der Waals surface area (Å²) in [4.78, 5) is 174. The Kier molecular flexibility index (Phi) is 52.2. The minimum absolute atomic E-state index is 0.00347. The fourth-order valence-electron chi connectivity index (χ4n) is 15.1. The number of ether oxygens (including phenoxy) is 8. The Balaban J connectivity index is 0.852. The maximum Gasteiger partial charge on any atom is 0.242 e. The second kappa shape index (κ2) is 63.5. The standard InChI is InChI=1S/C84H138N26O37/c1-44(115)94-49(12-16-57(116)90-32-45-36-107(103-99-45)24-28-140-81-73(132)69(128)65(124)53(40-111)144-81)77(136)87-21-5-9-62(121)96-51(14-18-59(118)92-34-47-38-109(105-101-47)26-30-142-83-75(134)71(130)67(126)55(42-113)146-83)79(138)89-23-7-11-63(122)97-52(15-19-60(119)93-35-48-39-110(106-102-48)27-31-143-84-76(135)72(131)68(127)56(43-114)147-84)80(139)88-22-6-10-61(120)95-50(78(137)86-20-4-2-3-8-64(123)98-85)13-17-58(117)91-33-46-37-108(104-100-46)25-29-141-82-74(133)70(129)66(125)54(41-112)145-82/h36-39,49-56,65-76,81-84,111-114,124-135H,2-35,40-43,85H2,1H3,(H,86,137)(H,87,136)(H,88,139)(H,89,138)(H,90,116)(H,91,117)(H,92,118)(H,93,119)(H,94,115)(H,95,120)(H,96,121)(H,97,122)(H,98,123)/t49?,50?,51?,52?,53-,54-,55-,56-,65-,66-,67-,68-,69+,70+,71+,72+,73+,74+,75+,76+,81+,82+,83+,84+/m1/s1. The lowest BCUT2D eigenvalue weighted by Gasteiger charge is -2.39. The molecule has 4 aliphatic rings. The molecule has 0 aromatic carbocycles. The van der Waals surface area contributed by atoms with Gasteiger partial charge in [0.15, 0.2) is 25.2 Å². The summed E-state index contributed by atoms with van der Waals surface area (Å²) in [5.41, 5.74) is 3.10. The molecule has 0 radical (unpaired) electrons. The van der Waals surface area contributed by atoms with Gasteiger partial charge in [0.1, 0.15) is 145 Å². The number of nitrogens with zero attached hydrogens (tertiary/aromatic N) is 12. The van der Waals surface area contributed by atoms with Crippen LogP contribution in [-0.2, 0) is 153 Å². The maximum atomic E-state index is 14.1. The smallest absolute Gasteiger partial charge is 0.242 e. The summed E-state index contributed by atoms with van der Waals surface area (Å²) in [5, 5.41) is 224. The van der Waals surface area contributed by atoms with Gasteiger partial charge in [0.2, 0.25) is 76.8 Å². The first-order chi connectivity index (χ1) is 70.4. The highest BCUT2D eigenvalue weighted by atomic mass is 16.7. The van der Waals surface area contributed by atoms with Gasteiger partial charge in [-0.25, -0.2) is 24.6 Å². The van der Waals surface area contributed by atoms with Gasteiger partial charge in [0, 0.05) is 84.5 Å². The van der Waals surface area contributed by atoms with Crippen LogP contribution < -0.4 is 75.1 Å². The van der Waals surface area contributed by atoms with Crippen molar-refractivity contribution < 1.29 is 182 Å². The fraction of sp³-hybridized carbons (Fsp3) is 0.750. The molecule has 4 unspecified atom stereocenters. The van der Waals surface area contributed by atoms with Crippen LogP contribution in [0.1, 0.15) is 145 Å². The number of nitrogens with one attached hydrogen (secondary N) is 13. The zero-order chi connectivity index (χ0) is 107. The van der Waals surface area contributed by atoms with Crippen molar-refractivity contribution in [1.82, 2.24) is 129 Å². The Morgan fingerprint density at radius 2 is 0.544 bits per heavy atom. The third-order valence-electron chi connectivity index (χ3n) is 23.5. The summed E-state index contributed by atoms with van der Waals surface area (Å²) in [6.45, 7) is -3.21. The monoisotopic (exact) mass is 2100 g/mol. The van der Waals surface area contributed by atoms with Crippen LogP contribution in [0.3, 0.4) is 0 Å². The van der Waals surface area contributed by atoms with Crippen LogP contribution in [-0.4, -0.2) is 444 Å². The molecular formula is C84H138N26O37. The molecule has 4 saturated heterocycles. The number of aliphatic hydroxyl groups is 16. The normalized spacial score (nSPS) is 24.7. The van der Waals surface area contributed by atoms with Crippen molar-refractivity contribution in [2.24, 2.45) is 5.84 Å². The van der Waals surface area contributed by atoms with E-state index in [0.717, 1.165) is 6.92 Å². The van der Waals surface area contributed by atoms with Crippen LogP contribution in [0.5, 0.6) is 0 Å². The van der Waals surface area contributed by atoms with E-state index in [-0.39, 0.29) is 211 Å². The molecule has 63 nitrogen and oxygen atoms in total. The first-order valence-electron chi connectivity index (χ1n) is 48.0. The zero-order valence-corrected chi connectivity index (χ0v) is 80.7. The predicted molar refractivity (Wildman–Crippen MR) is 487 cm³/mol. The van der Waals surface area contributed by atoms with Crippen LogP contribution >= 0.6 is 0 Å². The van der Waals surface area contributed by atoms with E-state index in [0.29, 0.717) is 25.0 Å². The molecule has 4 aromatic rings. The SMILES string of the molecule is CC(=O)NC(CCC(=O)NCc1cn(CCO[C@H]2O[C@H](CO)[C@@H](O)[C@H](O)[C@@H]2O)nn1)C(=O)NCCCC(=O)NC(CCC(=O)NCc1cn(CCO[C@H]2O[C@H](CO)[C@@H](O)[C@H](O)[C@@H]2O)nn1)C(=O)NCCCC(=O)NC(CCC(=O)NCc1cn(CCO[C@H]2O[C@H](CO)[C@@H](O)[C@H](O)[C@@H]2O)nn1)C(=O)NCCCC(=O)NC(CCC(=O)NCc1cn(CCO[C@H]2O[C@H](CO)[C@@H](O)[C@H](O)[C@@H]2O)nn1)C(=O)NCCCCCC(=O)NN. The Labute approximate surface area is 839 Å². The molecule has 13 amide bonds. The number of nitrogens with two attached hydrogens (primary N) is 1. The Bertz CT molecular complexity index is 4750. The van der Waals surface area contributed by atoms with Crippen LogP contribution in [0.4, 0.5) is 0 Å². The van der Waals surface area contributed by atoms with Gasteiger partial charge < -0.3 is 183 Å². The van der Waals surface area contributed by atoms with Crippen molar-refractivity contribution >= 4 is 76.8 Å². The number of aliphatic hydroxyl groups excluding tert-OH is 16. The number of amides is 13. The number of aromatic nitrogens is 12. The van der Waals surface area contributed by atoms with E-state index in [2.05, 4.69) is 105 Å². The van der Waals surface area contributed by atoms with E-state index in [9.17, 15) is 144 Å². The molecule has 4 aliphatic heterocycles. The predicted octanol–water partition coefficient (Wildman–Crippen LogP) is -16.7. The molecule has 24 atom stereocenters. The second-order valence-corrected chi connectivity index (χ2v) is 34.9. The van der Waals surface area contributed by atoms with Crippen molar-refractivity contribution in [3.63, 3.8) is 0 Å². The van der Waals surface area contributed by atoms with Crippen molar-refractivity contribution in [3.8, 4) is 0 Å². The molecule has 31 N–H and O–H groups in total. The van der Waals surface area contributed by atoms with Gasteiger partial charge in [-0.3, -0.25) is 67.8 Å². The molecule has 0 bridgehead atoms. The second-order valence-electron chi connectivity index (χ2n) is 34.9. The summed E-state index contributed by atoms with van der Waals surface area (Å²) < 4.78 is 48.8. The molecule has 8 heterocycles. The van der Waals surface area contributed by atoms with Gasteiger partial charge in [-0.05, 0) is 57.8 Å². The van der Waals surface area contributed by atoms with Crippen LogP contribution in [0.25, 0.3) is 0 Å². The molecule has 0 spiro atoms. The van der Waals surface area contributed by atoms with Crippen LogP contribution in [0.15, 0.2) is 24.8 Å². The van der Waals surface area contributed by atoms with Gasteiger partial charge in [-0.15, -0.1) is 20.4 Å². The molecule has 4 fully saturated rings. The van der Waals surface area contributed by atoms with E-state index < -0.39 is 257 Å². The van der Waals surface area contributed by atoms with Crippen molar-refractivity contribution in [2.45, 2.75) is 322 Å². The fourth-order valence-corrected chi connectivity index (χ4v) is 15.1. The third-order valence-corrected chi connectivity index (χ3v) is 23.5. The van der Waals surface area contributed by atoms with Crippen molar-refractivity contribution in [2.75, 3.05) is 79.0 Å². The number of carbonyl (C=O) groups excluding carboxylic acids is 13. The minimum Gasteiger partial charge on any atom is -0.394 e. The number of carbonyl (C=O) groups is 13. The van der Waals surface area contributed by atoms with Gasteiger partial charge in [-0.1, -0.05) is 27.3 Å². The van der Waals surface area contributed by atoms with Gasteiger partial charge in [0.05, 0.1) is 130 Å². The topological polar surface area (TPSA) is 925 Å². The lowest BCUT2D eigenvalue weighted by Crippen LogP contribution is -2.59. The minimum atomic E-state index is -1.69. The van der Waals surface area contributed by atoms with E-state index in [1.54, 1.807) is 0 Å². The van der Waals surface area contributed by atoms with Crippen LogP contribution in [0.2, 0.25) is 0 Å². The third kappa shape index (κ3) is 40.9. The molecule has 0 aliphatic carbocycles. The molecule has 0 saturated carbocycles. The highest BCUT2D eigenvalue weighted by Gasteiger charge is 2.48. The Morgan fingerprint density at radius 1 is 0.306 bits per heavy atom.